The molecule has 1 aromatic heterocycles. The van der Waals surface area contributed by atoms with Crippen molar-refractivity contribution in [1.82, 2.24) is 4.98 Å². The first-order valence-electron chi connectivity index (χ1n) is 7.07. The van der Waals surface area contributed by atoms with Crippen molar-refractivity contribution in [2.24, 2.45) is 0 Å². The van der Waals surface area contributed by atoms with E-state index >= 15 is 0 Å². The number of nitrogens with zero attached hydrogens (tertiary/aromatic N) is 2. The van der Waals surface area contributed by atoms with E-state index in [0.29, 0.717) is 38.9 Å². The molecule has 0 spiro atoms. The fourth-order valence-electron chi connectivity index (χ4n) is 2.37. The summed E-state index contributed by atoms with van der Waals surface area (Å²) in [6.07, 6.45) is 1.51. The number of rotatable bonds is 4. The number of anilines is 2. The number of methoxy groups -OCH3 is 1. The SMILES string of the molecule is COc1ccc2c(Nc3ccc([NH2+]O)cc3Cl)c(C#N)cnc2c1. The first-order valence-corrected chi connectivity index (χ1v) is 7.45. The summed E-state index contributed by atoms with van der Waals surface area (Å²) in [5, 5.41) is 22.8. The lowest BCUT2D eigenvalue weighted by atomic mass is 10.1. The highest BCUT2D eigenvalue weighted by molar-refractivity contribution is 6.33. The normalized spacial score (nSPS) is 10.4. The van der Waals surface area contributed by atoms with Gasteiger partial charge in [-0.2, -0.15) is 10.7 Å². The van der Waals surface area contributed by atoms with Crippen LogP contribution in [0.2, 0.25) is 5.02 Å². The van der Waals surface area contributed by atoms with Crippen molar-refractivity contribution in [3.05, 3.63) is 53.2 Å². The Labute approximate surface area is 143 Å². The third-order valence-corrected chi connectivity index (χ3v) is 3.91. The maximum atomic E-state index is 9.38. The summed E-state index contributed by atoms with van der Waals surface area (Å²) < 4.78 is 5.21. The summed E-state index contributed by atoms with van der Waals surface area (Å²) in [6.45, 7) is 0. The summed E-state index contributed by atoms with van der Waals surface area (Å²) in [6, 6.07) is 12.7. The molecule has 6 nitrogen and oxygen atoms in total. The summed E-state index contributed by atoms with van der Waals surface area (Å²) >= 11 is 6.24. The molecular formula is C17H14ClN4O2+. The highest BCUT2D eigenvalue weighted by atomic mass is 35.5. The molecule has 24 heavy (non-hydrogen) atoms. The minimum atomic E-state index is 0.404. The molecule has 1 heterocycles. The van der Waals surface area contributed by atoms with E-state index in [2.05, 4.69) is 16.4 Å². The number of fused-ring (bicyclic) bond motifs is 1. The van der Waals surface area contributed by atoms with E-state index in [1.54, 1.807) is 31.4 Å². The van der Waals surface area contributed by atoms with E-state index in [0.717, 1.165) is 10.9 Å². The smallest absolute Gasteiger partial charge is 0.163 e. The second-order valence-electron chi connectivity index (χ2n) is 5.04. The molecular weight excluding hydrogens is 328 g/mol. The van der Waals surface area contributed by atoms with Crippen LogP contribution in [0.25, 0.3) is 10.9 Å². The van der Waals surface area contributed by atoms with Gasteiger partial charge in [-0.25, -0.2) is 5.21 Å². The predicted octanol–water partition coefficient (Wildman–Crippen LogP) is 3.10. The molecule has 0 bridgehead atoms. The number of hydrogen-bond acceptors (Lipinski definition) is 5. The molecule has 0 aliphatic carbocycles. The Morgan fingerprint density at radius 3 is 2.79 bits per heavy atom. The van der Waals surface area contributed by atoms with Crippen molar-refractivity contribution in [3.63, 3.8) is 0 Å². The molecule has 0 amide bonds. The zero-order chi connectivity index (χ0) is 17.1. The first-order chi connectivity index (χ1) is 11.7. The Bertz CT molecular complexity index is 953. The molecule has 2 aromatic carbocycles. The van der Waals surface area contributed by atoms with Gasteiger partial charge in [0.15, 0.2) is 5.69 Å². The molecule has 0 radical (unpaired) electrons. The van der Waals surface area contributed by atoms with Gasteiger partial charge < -0.3 is 10.1 Å². The highest BCUT2D eigenvalue weighted by Gasteiger charge is 2.12. The Hall–Kier alpha value is -2.85. The van der Waals surface area contributed by atoms with Crippen LogP contribution in [0.3, 0.4) is 0 Å². The van der Waals surface area contributed by atoms with E-state index in [4.69, 9.17) is 21.5 Å². The van der Waals surface area contributed by atoms with Crippen molar-refractivity contribution in [2.75, 3.05) is 12.4 Å². The molecule has 120 valence electrons. The maximum Gasteiger partial charge on any atom is 0.163 e. The van der Waals surface area contributed by atoms with Crippen LogP contribution in [0.4, 0.5) is 17.1 Å². The summed E-state index contributed by atoms with van der Waals surface area (Å²) in [4.78, 5) is 4.30. The minimum absolute atomic E-state index is 0.404. The Morgan fingerprint density at radius 1 is 1.29 bits per heavy atom. The van der Waals surface area contributed by atoms with Crippen LogP contribution in [0.15, 0.2) is 42.6 Å². The molecule has 0 saturated carbocycles. The number of nitrogens with two attached hydrogens (primary N) is 1. The zero-order valence-electron chi connectivity index (χ0n) is 12.7. The fraction of sp³-hybridized carbons (Fsp3) is 0.0588. The van der Waals surface area contributed by atoms with Crippen LogP contribution in [0, 0.1) is 11.3 Å². The fourth-order valence-corrected chi connectivity index (χ4v) is 2.60. The number of halogens is 1. The van der Waals surface area contributed by atoms with Crippen molar-refractivity contribution in [2.45, 2.75) is 0 Å². The second kappa shape index (κ2) is 6.72. The number of pyridine rings is 1. The lowest BCUT2D eigenvalue weighted by Gasteiger charge is -2.13. The van der Waals surface area contributed by atoms with Gasteiger partial charge in [0.05, 0.1) is 34.6 Å². The third kappa shape index (κ3) is 2.96. The van der Waals surface area contributed by atoms with Crippen LogP contribution in [0.1, 0.15) is 5.56 Å². The van der Waals surface area contributed by atoms with Crippen LogP contribution in [-0.4, -0.2) is 17.3 Å². The molecule has 0 saturated heterocycles. The van der Waals surface area contributed by atoms with Gasteiger partial charge in [-0.1, -0.05) is 11.6 Å². The van der Waals surface area contributed by atoms with Gasteiger partial charge in [0.2, 0.25) is 0 Å². The third-order valence-electron chi connectivity index (χ3n) is 3.60. The zero-order valence-corrected chi connectivity index (χ0v) is 13.5. The molecule has 7 heteroatoms. The van der Waals surface area contributed by atoms with E-state index in [9.17, 15) is 5.26 Å². The molecule has 0 unspecified atom stereocenters. The highest BCUT2D eigenvalue weighted by Crippen LogP contribution is 2.33. The van der Waals surface area contributed by atoms with Gasteiger partial charge in [0.1, 0.15) is 11.8 Å². The first kappa shape index (κ1) is 16.0. The molecule has 4 N–H and O–H groups in total. The van der Waals surface area contributed by atoms with Gasteiger partial charge in [0, 0.05) is 29.8 Å². The topological polar surface area (TPSA) is 94.8 Å². The van der Waals surface area contributed by atoms with E-state index < -0.39 is 0 Å². The van der Waals surface area contributed by atoms with Crippen LogP contribution < -0.4 is 15.5 Å². The van der Waals surface area contributed by atoms with Crippen molar-refractivity contribution in [1.29, 1.82) is 5.26 Å². The van der Waals surface area contributed by atoms with Crippen molar-refractivity contribution < 1.29 is 15.4 Å². The number of quaternary nitrogens is 1. The van der Waals surface area contributed by atoms with Crippen LogP contribution in [0.5, 0.6) is 5.75 Å². The number of hydrogen-bond donors (Lipinski definition) is 3. The lowest BCUT2D eigenvalue weighted by molar-refractivity contribution is -0.825. The Morgan fingerprint density at radius 2 is 2.12 bits per heavy atom. The predicted molar refractivity (Wildman–Crippen MR) is 91.1 cm³/mol. The van der Waals surface area contributed by atoms with E-state index in [1.165, 1.54) is 6.20 Å². The average molecular weight is 342 g/mol. The maximum absolute atomic E-state index is 9.38. The van der Waals surface area contributed by atoms with Crippen LogP contribution >= 0.6 is 11.6 Å². The number of ether oxygens (including phenoxy) is 1. The number of nitrogens with one attached hydrogen (secondary N) is 1. The standard InChI is InChI=1S/C17H13ClN4O2/c1-24-12-3-4-13-16(7-12)20-9-10(8-19)17(13)21-15-5-2-11(22-23)6-14(15)18/h2-7,9,22-23H,1H3,(H,20,21)/p+1. The minimum Gasteiger partial charge on any atom is -0.497 e. The quantitative estimate of drug-likeness (QED) is 0.500. The van der Waals surface area contributed by atoms with Gasteiger partial charge in [-0.3, -0.25) is 4.98 Å². The van der Waals surface area contributed by atoms with E-state index in [-0.39, 0.29) is 0 Å². The molecule has 3 rings (SSSR count). The number of nitriles is 1. The number of aromatic nitrogens is 1. The molecule has 0 aliphatic rings. The van der Waals surface area contributed by atoms with Gasteiger partial charge in [-0.15, -0.1) is 0 Å². The van der Waals surface area contributed by atoms with Gasteiger partial charge >= 0.3 is 0 Å². The molecule has 0 aliphatic heterocycles. The van der Waals surface area contributed by atoms with Gasteiger partial charge in [-0.05, 0) is 18.2 Å². The average Bonchev–Trinajstić information content (AvgIpc) is 2.62. The van der Waals surface area contributed by atoms with Crippen molar-refractivity contribution >= 4 is 39.6 Å². The van der Waals surface area contributed by atoms with E-state index in [1.807, 2.05) is 12.1 Å². The summed E-state index contributed by atoms with van der Waals surface area (Å²) in [5.74, 6) is 0.687. The Kier molecular flexibility index (Phi) is 4.49. The van der Waals surface area contributed by atoms with Gasteiger partial charge in [0.25, 0.3) is 0 Å². The van der Waals surface area contributed by atoms with Crippen LogP contribution in [-0.2, 0) is 0 Å². The molecule has 3 aromatic rings. The summed E-state index contributed by atoms with van der Waals surface area (Å²) in [7, 11) is 1.59. The summed E-state index contributed by atoms with van der Waals surface area (Å²) in [5.41, 5.74) is 3.92. The molecule has 0 fully saturated rings. The Balaban J connectivity index is 2.12. The second-order valence-corrected chi connectivity index (χ2v) is 5.44. The lowest BCUT2D eigenvalue weighted by Crippen LogP contribution is -2.73. The largest absolute Gasteiger partial charge is 0.497 e. The van der Waals surface area contributed by atoms with Crippen molar-refractivity contribution in [3.8, 4) is 11.8 Å². The monoisotopic (exact) mass is 341 g/mol. The number of benzene rings is 2. The molecule has 0 atom stereocenters.